The summed E-state index contributed by atoms with van der Waals surface area (Å²) < 4.78 is 1.66. The molecule has 0 fully saturated rings. The van der Waals surface area contributed by atoms with E-state index in [-0.39, 0.29) is 5.91 Å². The van der Waals surface area contributed by atoms with Crippen molar-refractivity contribution in [2.45, 2.75) is 6.54 Å². The van der Waals surface area contributed by atoms with Crippen LogP contribution in [0.3, 0.4) is 0 Å². The van der Waals surface area contributed by atoms with Crippen molar-refractivity contribution in [3.8, 4) is 0 Å². The Bertz CT molecular complexity index is 289. The molecule has 1 aromatic rings. The molecule has 0 aliphatic carbocycles. The lowest BCUT2D eigenvalue weighted by Gasteiger charge is -1.89. The fourth-order valence-electron chi connectivity index (χ4n) is 1.11. The first kappa shape index (κ1) is 5.46. The summed E-state index contributed by atoms with van der Waals surface area (Å²) in [5.41, 5.74) is 1.56. The number of carbonyl (C=O) groups is 1. The van der Waals surface area contributed by atoms with Crippen molar-refractivity contribution in [3.63, 3.8) is 0 Å². The summed E-state index contributed by atoms with van der Waals surface area (Å²) in [7, 11) is 1.81. The maximum atomic E-state index is 10.9. The van der Waals surface area contributed by atoms with Crippen LogP contribution in [0.4, 0.5) is 0 Å². The summed E-state index contributed by atoms with van der Waals surface area (Å²) in [6, 6.07) is 0. The van der Waals surface area contributed by atoms with Gasteiger partial charge in [-0.3, -0.25) is 9.48 Å². The molecule has 0 radical (unpaired) electrons. The van der Waals surface area contributed by atoms with Crippen molar-refractivity contribution in [3.05, 3.63) is 17.5 Å². The van der Waals surface area contributed by atoms with Gasteiger partial charge in [-0.05, 0) is 0 Å². The first-order valence-electron chi connectivity index (χ1n) is 3.08. The van der Waals surface area contributed by atoms with E-state index < -0.39 is 0 Å². The molecule has 0 spiro atoms. The van der Waals surface area contributed by atoms with Crippen LogP contribution in [0.15, 0.2) is 6.20 Å². The number of nitrogens with zero attached hydrogens (tertiary/aromatic N) is 2. The van der Waals surface area contributed by atoms with Crippen LogP contribution in [0, 0.1) is 0 Å². The molecule has 0 saturated carbocycles. The maximum absolute atomic E-state index is 10.9. The van der Waals surface area contributed by atoms with E-state index in [0.29, 0.717) is 12.1 Å². The van der Waals surface area contributed by atoms with Crippen molar-refractivity contribution in [1.29, 1.82) is 0 Å². The highest BCUT2D eigenvalue weighted by molar-refractivity contribution is 5.97. The smallest absolute Gasteiger partial charge is 0.255 e. The lowest BCUT2D eigenvalue weighted by atomic mass is 10.3. The Kier molecular flexibility index (Phi) is 0.869. The number of hydrogen-bond donors (Lipinski definition) is 1. The van der Waals surface area contributed by atoms with E-state index in [1.807, 2.05) is 7.05 Å². The predicted molar refractivity (Wildman–Crippen MR) is 34.4 cm³/mol. The molecule has 0 unspecified atom stereocenters. The predicted octanol–water partition coefficient (Wildman–Crippen LogP) is -0.336. The molecule has 1 N–H and O–H groups in total. The van der Waals surface area contributed by atoms with Crippen LogP contribution in [0.2, 0.25) is 0 Å². The number of hydrogen-bond acceptors (Lipinski definition) is 2. The van der Waals surface area contributed by atoms with Crippen molar-refractivity contribution < 1.29 is 4.79 Å². The highest BCUT2D eigenvalue weighted by Crippen LogP contribution is 2.11. The van der Waals surface area contributed by atoms with Crippen LogP contribution in [0.25, 0.3) is 0 Å². The van der Waals surface area contributed by atoms with Gasteiger partial charge in [0.25, 0.3) is 5.91 Å². The van der Waals surface area contributed by atoms with Crippen LogP contribution >= 0.6 is 0 Å². The van der Waals surface area contributed by atoms with Crippen LogP contribution in [-0.4, -0.2) is 15.7 Å². The number of rotatable bonds is 0. The van der Waals surface area contributed by atoms with Gasteiger partial charge in [0.1, 0.15) is 0 Å². The molecule has 1 aliphatic rings. The van der Waals surface area contributed by atoms with Gasteiger partial charge in [-0.25, -0.2) is 0 Å². The molecule has 0 atom stereocenters. The molecule has 0 aromatic carbocycles. The number of carbonyl (C=O) groups excluding carboxylic acids is 1. The third-order valence-corrected chi connectivity index (χ3v) is 1.57. The van der Waals surface area contributed by atoms with E-state index in [1.54, 1.807) is 10.9 Å². The molecule has 4 nitrogen and oxygen atoms in total. The third-order valence-electron chi connectivity index (χ3n) is 1.57. The van der Waals surface area contributed by atoms with Gasteiger partial charge in [0.2, 0.25) is 0 Å². The number of aryl methyl sites for hydroxylation is 1. The summed E-state index contributed by atoms with van der Waals surface area (Å²) in [5, 5.41) is 6.75. The Hall–Kier alpha value is -1.32. The molecule has 52 valence electrons. The SMILES string of the molecule is Cn1cc2c(n1)CNC2=O. The van der Waals surface area contributed by atoms with E-state index in [9.17, 15) is 4.79 Å². The summed E-state index contributed by atoms with van der Waals surface area (Å²) >= 11 is 0. The summed E-state index contributed by atoms with van der Waals surface area (Å²) in [4.78, 5) is 10.9. The Labute approximate surface area is 57.8 Å². The lowest BCUT2D eigenvalue weighted by Crippen LogP contribution is -2.13. The van der Waals surface area contributed by atoms with Gasteiger partial charge in [0, 0.05) is 13.2 Å². The Morgan fingerprint density at radius 3 is 3.30 bits per heavy atom. The first-order valence-corrected chi connectivity index (χ1v) is 3.08. The first-order chi connectivity index (χ1) is 4.77. The van der Waals surface area contributed by atoms with E-state index in [4.69, 9.17) is 0 Å². The van der Waals surface area contributed by atoms with Gasteiger partial charge >= 0.3 is 0 Å². The summed E-state index contributed by atoms with van der Waals surface area (Å²) in [6.45, 7) is 0.578. The molecular formula is C6H7N3O. The minimum atomic E-state index is -0.0110. The topological polar surface area (TPSA) is 46.9 Å². The lowest BCUT2D eigenvalue weighted by molar-refractivity contribution is 0.0965. The fraction of sp³-hybridized carbons (Fsp3) is 0.333. The third kappa shape index (κ3) is 0.556. The number of aromatic nitrogens is 2. The monoisotopic (exact) mass is 137 g/mol. The second-order valence-corrected chi connectivity index (χ2v) is 2.35. The van der Waals surface area contributed by atoms with Gasteiger partial charge in [-0.15, -0.1) is 0 Å². The highest BCUT2D eigenvalue weighted by Gasteiger charge is 2.21. The van der Waals surface area contributed by atoms with Crippen molar-refractivity contribution in [1.82, 2.24) is 15.1 Å². The molecule has 0 saturated heterocycles. The molecule has 4 heteroatoms. The van der Waals surface area contributed by atoms with E-state index in [2.05, 4.69) is 10.4 Å². The molecule has 0 bridgehead atoms. The molecule has 1 amide bonds. The number of nitrogens with one attached hydrogen (secondary N) is 1. The Morgan fingerprint density at radius 1 is 1.80 bits per heavy atom. The molecule has 2 rings (SSSR count). The Morgan fingerprint density at radius 2 is 2.60 bits per heavy atom. The van der Waals surface area contributed by atoms with E-state index >= 15 is 0 Å². The zero-order valence-electron chi connectivity index (χ0n) is 5.59. The van der Waals surface area contributed by atoms with Crippen LogP contribution in [0.1, 0.15) is 16.1 Å². The largest absolute Gasteiger partial charge is 0.346 e. The molecular weight excluding hydrogens is 130 g/mol. The van der Waals surface area contributed by atoms with Crippen LogP contribution in [-0.2, 0) is 13.6 Å². The average molecular weight is 137 g/mol. The van der Waals surface area contributed by atoms with E-state index in [1.165, 1.54) is 0 Å². The minimum Gasteiger partial charge on any atom is -0.346 e. The molecule has 1 aliphatic heterocycles. The number of amides is 1. The Balaban J connectivity index is 2.59. The molecule has 10 heavy (non-hydrogen) atoms. The quantitative estimate of drug-likeness (QED) is 0.532. The summed E-state index contributed by atoms with van der Waals surface area (Å²) in [5.74, 6) is -0.0110. The zero-order chi connectivity index (χ0) is 7.14. The van der Waals surface area contributed by atoms with Crippen molar-refractivity contribution in [2.75, 3.05) is 0 Å². The van der Waals surface area contributed by atoms with Crippen molar-refractivity contribution >= 4 is 5.91 Å². The normalized spacial score (nSPS) is 15.1. The van der Waals surface area contributed by atoms with Crippen LogP contribution in [0.5, 0.6) is 0 Å². The molecule has 2 heterocycles. The van der Waals surface area contributed by atoms with Crippen molar-refractivity contribution in [2.24, 2.45) is 7.05 Å². The maximum Gasteiger partial charge on any atom is 0.255 e. The minimum absolute atomic E-state index is 0.0110. The van der Waals surface area contributed by atoms with Gasteiger partial charge in [0.05, 0.1) is 17.8 Å². The highest BCUT2D eigenvalue weighted by atomic mass is 16.2. The van der Waals surface area contributed by atoms with Gasteiger partial charge < -0.3 is 5.32 Å². The van der Waals surface area contributed by atoms with Gasteiger partial charge in [0.15, 0.2) is 0 Å². The zero-order valence-corrected chi connectivity index (χ0v) is 5.59. The standard InChI is InChI=1S/C6H7N3O/c1-9-3-4-5(8-9)2-7-6(4)10/h3H,2H2,1H3,(H,7,10). The molecule has 1 aromatic heterocycles. The second-order valence-electron chi connectivity index (χ2n) is 2.35. The number of fused-ring (bicyclic) bond motifs is 1. The summed E-state index contributed by atoms with van der Waals surface area (Å²) in [6.07, 6.45) is 1.73. The second kappa shape index (κ2) is 1.59. The van der Waals surface area contributed by atoms with Gasteiger partial charge in [-0.2, -0.15) is 5.10 Å². The van der Waals surface area contributed by atoms with Crippen LogP contribution < -0.4 is 5.32 Å². The average Bonchev–Trinajstić information content (AvgIpc) is 2.35. The van der Waals surface area contributed by atoms with E-state index in [0.717, 1.165) is 5.69 Å². The van der Waals surface area contributed by atoms with Gasteiger partial charge in [-0.1, -0.05) is 0 Å². The fourth-order valence-corrected chi connectivity index (χ4v) is 1.11.